The van der Waals surface area contributed by atoms with Crippen molar-refractivity contribution < 1.29 is 9.00 Å². The maximum atomic E-state index is 11.2. The van der Waals surface area contributed by atoms with Gasteiger partial charge in [-0.3, -0.25) is 9.00 Å². The molecule has 0 amide bonds. The van der Waals surface area contributed by atoms with Crippen molar-refractivity contribution in [2.24, 2.45) is 0 Å². The Bertz CT molecular complexity index is 224. The Labute approximate surface area is 102 Å². The van der Waals surface area contributed by atoms with Crippen LogP contribution in [0.15, 0.2) is 12.7 Å². The van der Waals surface area contributed by atoms with Crippen LogP contribution in [0.1, 0.15) is 51.4 Å². The number of hydrogen-bond acceptors (Lipinski definition) is 2. The van der Waals surface area contributed by atoms with Crippen LogP contribution in [0.5, 0.6) is 0 Å². The lowest BCUT2D eigenvalue weighted by molar-refractivity contribution is -0.116. The van der Waals surface area contributed by atoms with Crippen molar-refractivity contribution in [2.45, 2.75) is 51.4 Å². The first-order valence-electron chi connectivity index (χ1n) is 6.09. The lowest BCUT2D eigenvalue weighted by atomic mass is 10.1. The van der Waals surface area contributed by atoms with Gasteiger partial charge in [0.1, 0.15) is 5.78 Å². The maximum absolute atomic E-state index is 11.2. The van der Waals surface area contributed by atoms with Crippen LogP contribution in [0.4, 0.5) is 0 Å². The Balaban J connectivity index is 3.17. The largest absolute Gasteiger partial charge is 0.299 e. The van der Waals surface area contributed by atoms with Crippen molar-refractivity contribution in [1.29, 1.82) is 0 Å². The SMILES string of the molecule is C=CCCCCCCCCC(=O)CS(C)=O. The number of hydrogen-bond donors (Lipinski definition) is 0. The van der Waals surface area contributed by atoms with Gasteiger partial charge in [-0.2, -0.15) is 0 Å². The van der Waals surface area contributed by atoms with E-state index in [1.165, 1.54) is 25.7 Å². The second-order valence-corrected chi connectivity index (χ2v) is 5.64. The molecule has 16 heavy (non-hydrogen) atoms. The van der Waals surface area contributed by atoms with E-state index in [0.29, 0.717) is 6.42 Å². The van der Waals surface area contributed by atoms with E-state index in [2.05, 4.69) is 6.58 Å². The Hall–Kier alpha value is -0.440. The minimum Gasteiger partial charge on any atom is -0.299 e. The van der Waals surface area contributed by atoms with Crippen molar-refractivity contribution >= 4 is 16.6 Å². The number of allylic oxidation sites excluding steroid dienone is 1. The van der Waals surface area contributed by atoms with Crippen molar-refractivity contribution in [3.05, 3.63) is 12.7 Å². The molecule has 0 spiro atoms. The molecule has 2 nitrogen and oxygen atoms in total. The summed E-state index contributed by atoms with van der Waals surface area (Å²) in [6.07, 6.45) is 12.3. The van der Waals surface area contributed by atoms with Gasteiger partial charge in [0.05, 0.1) is 5.75 Å². The molecule has 0 aromatic rings. The quantitative estimate of drug-likeness (QED) is 0.413. The van der Waals surface area contributed by atoms with Crippen molar-refractivity contribution in [3.8, 4) is 0 Å². The highest BCUT2D eigenvalue weighted by Gasteiger charge is 2.03. The topological polar surface area (TPSA) is 34.1 Å². The van der Waals surface area contributed by atoms with Gasteiger partial charge in [0.15, 0.2) is 0 Å². The summed E-state index contributed by atoms with van der Waals surface area (Å²) in [4.78, 5) is 11.2. The molecule has 1 unspecified atom stereocenters. The van der Waals surface area contributed by atoms with Crippen LogP contribution in [-0.4, -0.2) is 22.0 Å². The minimum absolute atomic E-state index is 0.146. The Morgan fingerprint density at radius 1 is 1.12 bits per heavy atom. The molecule has 0 rings (SSSR count). The van der Waals surface area contributed by atoms with Crippen molar-refractivity contribution in [2.75, 3.05) is 12.0 Å². The van der Waals surface area contributed by atoms with Crippen molar-refractivity contribution in [1.82, 2.24) is 0 Å². The van der Waals surface area contributed by atoms with E-state index in [0.717, 1.165) is 19.3 Å². The lowest BCUT2D eigenvalue weighted by Gasteiger charge is -2.00. The first kappa shape index (κ1) is 15.6. The van der Waals surface area contributed by atoms with E-state index in [1.54, 1.807) is 6.26 Å². The average Bonchev–Trinajstić information content (AvgIpc) is 2.21. The molecular formula is C13H24O2S. The third-order valence-electron chi connectivity index (χ3n) is 2.48. The van der Waals surface area contributed by atoms with Gasteiger partial charge in [-0.05, 0) is 19.3 Å². The van der Waals surface area contributed by atoms with Crippen LogP contribution in [0.2, 0.25) is 0 Å². The van der Waals surface area contributed by atoms with E-state index >= 15 is 0 Å². The molecular weight excluding hydrogens is 220 g/mol. The zero-order valence-corrected chi connectivity index (χ0v) is 11.2. The molecule has 0 aliphatic carbocycles. The predicted octanol–water partition coefficient (Wildman–Crippen LogP) is 3.24. The number of unbranched alkanes of at least 4 members (excludes halogenated alkanes) is 6. The van der Waals surface area contributed by atoms with Gasteiger partial charge in [-0.1, -0.05) is 31.8 Å². The smallest absolute Gasteiger partial charge is 0.145 e. The van der Waals surface area contributed by atoms with E-state index < -0.39 is 10.8 Å². The summed E-state index contributed by atoms with van der Waals surface area (Å²) in [6.45, 7) is 3.69. The number of rotatable bonds is 11. The molecule has 1 atom stereocenters. The highest BCUT2D eigenvalue weighted by Crippen LogP contribution is 2.09. The fourth-order valence-electron chi connectivity index (χ4n) is 1.62. The maximum Gasteiger partial charge on any atom is 0.145 e. The number of carbonyl (C=O) groups excluding carboxylic acids is 1. The van der Waals surface area contributed by atoms with Gasteiger partial charge < -0.3 is 0 Å². The molecule has 0 saturated heterocycles. The molecule has 0 fully saturated rings. The molecule has 0 N–H and O–H groups in total. The van der Waals surface area contributed by atoms with Crippen LogP contribution in [-0.2, 0) is 15.6 Å². The lowest BCUT2D eigenvalue weighted by Crippen LogP contribution is -2.08. The second-order valence-electron chi connectivity index (χ2n) is 4.20. The fourth-order valence-corrected chi connectivity index (χ4v) is 2.21. The highest BCUT2D eigenvalue weighted by atomic mass is 32.2. The van der Waals surface area contributed by atoms with Crippen LogP contribution < -0.4 is 0 Å². The number of Topliss-reactive ketones (excluding diaryl/α,β-unsaturated/α-hetero) is 1. The molecule has 0 bridgehead atoms. The van der Waals surface area contributed by atoms with E-state index in [-0.39, 0.29) is 11.5 Å². The molecule has 0 aliphatic rings. The van der Waals surface area contributed by atoms with Gasteiger partial charge in [-0.15, -0.1) is 6.58 Å². The first-order valence-corrected chi connectivity index (χ1v) is 7.82. The zero-order valence-electron chi connectivity index (χ0n) is 10.4. The van der Waals surface area contributed by atoms with Crippen LogP contribution in [0.25, 0.3) is 0 Å². The Morgan fingerprint density at radius 2 is 1.69 bits per heavy atom. The standard InChI is InChI=1S/C13H24O2S/c1-3-4-5-6-7-8-9-10-11-13(14)12-16(2)15/h3H,1,4-12H2,2H3. The molecule has 0 aromatic heterocycles. The minimum atomic E-state index is -0.967. The third kappa shape index (κ3) is 11.6. The fraction of sp³-hybridized carbons (Fsp3) is 0.769. The summed E-state index contributed by atoms with van der Waals surface area (Å²) in [5.41, 5.74) is 0. The monoisotopic (exact) mass is 244 g/mol. The Morgan fingerprint density at radius 3 is 2.25 bits per heavy atom. The van der Waals surface area contributed by atoms with Gasteiger partial charge >= 0.3 is 0 Å². The molecule has 0 radical (unpaired) electrons. The van der Waals surface area contributed by atoms with E-state index in [9.17, 15) is 9.00 Å². The predicted molar refractivity (Wildman–Crippen MR) is 71.1 cm³/mol. The zero-order chi connectivity index (χ0) is 12.2. The van der Waals surface area contributed by atoms with Gasteiger partial charge in [0.25, 0.3) is 0 Å². The molecule has 0 aliphatic heterocycles. The summed E-state index contributed by atoms with van der Waals surface area (Å²) < 4.78 is 10.8. The molecule has 0 heterocycles. The first-order chi connectivity index (χ1) is 7.66. The van der Waals surface area contributed by atoms with Gasteiger partial charge in [0, 0.05) is 23.5 Å². The molecule has 3 heteroatoms. The molecule has 0 aromatic carbocycles. The van der Waals surface area contributed by atoms with E-state index in [1.807, 2.05) is 6.08 Å². The normalized spacial score (nSPS) is 12.3. The van der Waals surface area contributed by atoms with E-state index in [4.69, 9.17) is 0 Å². The van der Waals surface area contributed by atoms with Crippen LogP contribution in [0, 0.1) is 0 Å². The summed E-state index contributed by atoms with van der Waals surface area (Å²) in [7, 11) is -0.967. The summed E-state index contributed by atoms with van der Waals surface area (Å²) in [6, 6.07) is 0. The summed E-state index contributed by atoms with van der Waals surface area (Å²) in [5, 5.41) is 0. The second kappa shape index (κ2) is 11.1. The van der Waals surface area contributed by atoms with Gasteiger partial charge in [0.2, 0.25) is 0 Å². The average molecular weight is 244 g/mol. The Kier molecular flexibility index (Phi) is 10.8. The van der Waals surface area contributed by atoms with Gasteiger partial charge in [-0.25, -0.2) is 0 Å². The highest BCUT2D eigenvalue weighted by molar-refractivity contribution is 7.85. The molecule has 94 valence electrons. The number of carbonyl (C=O) groups is 1. The summed E-state index contributed by atoms with van der Waals surface area (Å²) in [5.74, 6) is 0.381. The number of ketones is 1. The molecule has 0 saturated carbocycles. The van der Waals surface area contributed by atoms with Crippen molar-refractivity contribution in [3.63, 3.8) is 0 Å². The van der Waals surface area contributed by atoms with Crippen LogP contribution >= 0.6 is 0 Å². The van der Waals surface area contributed by atoms with Crippen LogP contribution in [0.3, 0.4) is 0 Å². The third-order valence-corrected chi connectivity index (χ3v) is 3.21. The summed E-state index contributed by atoms with van der Waals surface area (Å²) >= 11 is 0.